The summed E-state index contributed by atoms with van der Waals surface area (Å²) in [6, 6.07) is 15.6. The fourth-order valence-corrected chi connectivity index (χ4v) is 5.85. The maximum absolute atomic E-state index is 15.0. The minimum absolute atomic E-state index is 0.0382. The minimum atomic E-state index is -0.791. The van der Waals surface area contributed by atoms with Gasteiger partial charge in [-0.25, -0.2) is 9.37 Å². The van der Waals surface area contributed by atoms with E-state index >= 15 is 0 Å². The standard InChI is InChI=1S/C32H38FNO4/c1-5-8-22(17-31(35)36)23-9-6-10-24(16-23)38-20-21-12-13-25(27-18-30(37-4)34-19-29(27)33)26(15-21)28-11-7-14-32(28,2)3/h6,9-10,12-13,15-16,18-19,22,28H,5,7-8,11,14,17,20H2,1-4H3,(H,35,36)/t22-,28-/m0/s1. The van der Waals surface area contributed by atoms with Crippen LogP contribution in [0.5, 0.6) is 11.6 Å². The molecule has 0 aliphatic heterocycles. The number of carbonyl (C=O) groups is 1. The van der Waals surface area contributed by atoms with Gasteiger partial charge in [-0.1, -0.05) is 63.9 Å². The molecule has 0 saturated heterocycles. The van der Waals surface area contributed by atoms with E-state index in [-0.39, 0.29) is 23.6 Å². The quantitative estimate of drug-likeness (QED) is 0.277. The lowest BCUT2D eigenvalue weighted by atomic mass is 9.75. The van der Waals surface area contributed by atoms with Crippen molar-refractivity contribution in [2.45, 2.75) is 77.7 Å². The molecule has 1 aromatic heterocycles. The summed E-state index contributed by atoms with van der Waals surface area (Å²) in [6.07, 6.45) is 6.38. The Morgan fingerprint density at radius 1 is 1.18 bits per heavy atom. The molecule has 2 aromatic carbocycles. The average Bonchev–Trinajstić information content (AvgIpc) is 3.26. The Labute approximate surface area is 225 Å². The number of benzene rings is 2. The number of carboxylic acid groups (broad SMARTS) is 1. The lowest BCUT2D eigenvalue weighted by molar-refractivity contribution is -0.137. The molecular formula is C32H38FNO4. The molecule has 0 amide bonds. The molecule has 5 nitrogen and oxygen atoms in total. The highest BCUT2D eigenvalue weighted by atomic mass is 19.1. The van der Waals surface area contributed by atoms with E-state index in [0.29, 0.717) is 29.7 Å². The average molecular weight is 520 g/mol. The van der Waals surface area contributed by atoms with Crippen LogP contribution in [-0.2, 0) is 11.4 Å². The molecule has 1 heterocycles. The van der Waals surface area contributed by atoms with E-state index in [0.717, 1.165) is 54.4 Å². The van der Waals surface area contributed by atoms with Crippen molar-refractivity contribution in [1.82, 2.24) is 4.98 Å². The van der Waals surface area contributed by atoms with Gasteiger partial charge in [0.2, 0.25) is 5.88 Å². The first kappa shape index (κ1) is 27.6. The van der Waals surface area contributed by atoms with Crippen molar-refractivity contribution in [1.29, 1.82) is 0 Å². The van der Waals surface area contributed by atoms with Gasteiger partial charge >= 0.3 is 5.97 Å². The topological polar surface area (TPSA) is 68.7 Å². The van der Waals surface area contributed by atoms with Crippen LogP contribution in [0.15, 0.2) is 54.7 Å². The van der Waals surface area contributed by atoms with Crippen LogP contribution in [0.3, 0.4) is 0 Å². The van der Waals surface area contributed by atoms with Crippen LogP contribution in [0.4, 0.5) is 4.39 Å². The van der Waals surface area contributed by atoms with Gasteiger partial charge in [-0.2, -0.15) is 0 Å². The number of methoxy groups -OCH3 is 1. The molecule has 1 fully saturated rings. The van der Waals surface area contributed by atoms with Gasteiger partial charge in [-0.15, -0.1) is 0 Å². The van der Waals surface area contributed by atoms with Crippen LogP contribution in [0.25, 0.3) is 11.1 Å². The maximum Gasteiger partial charge on any atom is 0.303 e. The van der Waals surface area contributed by atoms with Gasteiger partial charge in [0, 0.05) is 11.6 Å². The molecule has 1 N–H and O–H groups in total. The Hall–Kier alpha value is -3.41. The van der Waals surface area contributed by atoms with Crippen molar-refractivity contribution in [2.24, 2.45) is 5.41 Å². The van der Waals surface area contributed by atoms with E-state index in [1.54, 1.807) is 6.07 Å². The fourth-order valence-electron chi connectivity index (χ4n) is 5.85. The highest BCUT2D eigenvalue weighted by Crippen LogP contribution is 2.51. The van der Waals surface area contributed by atoms with E-state index in [2.05, 4.69) is 31.8 Å². The second-order valence-electron chi connectivity index (χ2n) is 11.0. The lowest BCUT2D eigenvalue weighted by Gasteiger charge is -2.30. The van der Waals surface area contributed by atoms with E-state index in [1.807, 2.05) is 36.4 Å². The first-order chi connectivity index (χ1) is 18.2. The van der Waals surface area contributed by atoms with Crippen LogP contribution in [0.2, 0.25) is 0 Å². The third-order valence-corrected chi connectivity index (χ3v) is 7.87. The van der Waals surface area contributed by atoms with Gasteiger partial charge in [0.05, 0.1) is 19.7 Å². The van der Waals surface area contributed by atoms with Crippen molar-refractivity contribution >= 4 is 5.97 Å². The third-order valence-electron chi connectivity index (χ3n) is 7.87. The molecular weight excluding hydrogens is 481 g/mol. The summed E-state index contributed by atoms with van der Waals surface area (Å²) in [5, 5.41) is 9.33. The second kappa shape index (κ2) is 12.0. The van der Waals surface area contributed by atoms with E-state index < -0.39 is 5.97 Å². The molecule has 6 heteroatoms. The van der Waals surface area contributed by atoms with Crippen molar-refractivity contribution in [3.8, 4) is 22.8 Å². The summed E-state index contributed by atoms with van der Waals surface area (Å²) < 4.78 is 26.4. The number of aliphatic carboxylic acids is 1. The predicted molar refractivity (Wildman–Crippen MR) is 147 cm³/mol. The van der Waals surface area contributed by atoms with E-state index in [1.165, 1.54) is 13.3 Å². The Kier molecular flexibility index (Phi) is 8.70. The monoisotopic (exact) mass is 519 g/mol. The smallest absolute Gasteiger partial charge is 0.303 e. The second-order valence-corrected chi connectivity index (χ2v) is 11.0. The zero-order valence-corrected chi connectivity index (χ0v) is 22.8. The summed E-state index contributed by atoms with van der Waals surface area (Å²) in [7, 11) is 1.53. The van der Waals surface area contributed by atoms with Crippen LogP contribution >= 0.6 is 0 Å². The summed E-state index contributed by atoms with van der Waals surface area (Å²) in [5.74, 6) is 0.196. The number of halogens is 1. The third kappa shape index (κ3) is 6.35. The summed E-state index contributed by atoms with van der Waals surface area (Å²) in [5.41, 5.74) is 4.58. The summed E-state index contributed by atoms with van der Waals surface area (Å²) >= 11 is 0. The molecule has 0 spiro atoms. The largest absolute Gasteiger partial charge is 0.489 e. The number of hydrogen-bond acceptors (Lipinski definition) is 4. The maximum atomic E-state index is 15.0. The highest BCUT2D eigenvalue weighted by molar-refractivity contribution is 5.70. The van der Waals surface area contributed by atoms with Crippen LogP contribution in [0.1, 0.15) is 87.8 Å². The predicted octanol–water partition coefficient (Wildman–Crippen LogP) is 8.13. The molecule has 0 bridgehead atoms. The normalized spacial score (nSPS) is 17.2. The first-order valence-electron chi connectivity index (χ1n) is 13.5. The minimum Gasteiger partial charge on any atom is -0.489 e. The molecule has 2 atom stereocenters. The molecule has 1 aliphatic rings. The Morgan fingerprint density at radius 2 is 2.00 bits per heavy atom. The SMILES string of the molecule is CCC[C@@H](CC(=O)O)c1cccc(OCc2ccc(-c3cc(OC)ncc3F)c([C@@H]3CCCC3(C)C)c2)c1. The number of carboxylic acids is 1. The zero-order chi connectivity index (χ0) is 27.3. The van der Waals surface area contributed by atoms with Gasteiger partial charge < -0.3 is 14.6 Å². The Balaban J connectivity index is 1.63. The number of ether oxygens (including phenoxy) is 2. The molecule has 3 aromatic rings. The van der Waals surface area contributed by atoms with Gasteiger partial charge in [0.15, 0.2) is 0 Å². The van der Waals surface area contributed by atoms with Gasteiger partial charge in [0.25, 0.3) is 0 Å². The fraction of sp³-hybridized carbons (Fsp3) is 0.438. The number of rotatable bonds is 11. The van der Waals surface area contributed by atoms with Gasteiger partial charge in [-0.3, -0.25) is 4.79 Å². The molecule has 1 saturated carbocycles. The molecule has 4 rings (SSSR count). The molecule has 202 valence electrons. The van der Waals surface area contributed by atoms with E-state index in [4.69, 9.17) is 9.47 Å². The Bertz CT molecular complexity index is 1270. The molecule has 0 radical (unpaired) electrons. The number of aromatic nitrogens is 1. The van der Waals surface area contributed by atoms with Crippen LogP contribution in [0, 0.1) is 11.2 Å². The number of nitrogens with zero attached hydrogens (tertiary/aromatic N) is 1. The van der Waals surface area contributed by atoms with Crippen molar-refractivity contribution in [2.75, 3.05) is 7.11 Å². The van der Waals surface area contributed by atoms with Crippen molar-refractivity contribution < 1.29 is 23.8 Å². The molecule has 0 unspecified atom stereocenters. The van der Waals surface area contributed by atoms with Crippen LogP contribution < -0.4 is 9.47 Å². The van der Waals surface area contributed by atoms with Gasteiger partial charge in [-0.05, 0) is 70.9 Å². The Morgan fingerprint density at radius 3 is 2.68 bits per heavy atom. The number of pyridine rings is 1. The van der Waals surface area contributed by atoms with Gasteiger partial charge in [0.1, 0.15) is 18.2 Å². The molecule has 38 heavy (non-hydrogen) atoms. The molecule has 1 aliphatic carbocycles. The van der Waals surface area contributed by atoms with E-state index in [9.17, 15) is 14.3 Å². The van der Waals surface area contributed by atoms with Crippen LogP contribution in [-0.4, -0.2) is 23.2 Å². The lowest BCUT2D eigenvalue weighted by Crippen LogP contribution is -2.17. The summed E-state index contributed by atoms with van der Waals surface area (Å²) in [4.78, 5) is 15.4. The van der Waals surface area contributed by atoms with Crippen molar-refractivity contribution in [3.05, 3.63) is 77.2 Å². The zero-order valence-electron chi connectivity index (χ0n) is 22.8. The summed E-state index contributed by atoms with van der Waals surface area (Å²) in [6.45, 7) is 7.01. The first-order valence-corrected chi connectivity index (χ1v) is 13.5. The highest BCUT2D eigenvalue weighted by Gasteiger charge is 2.37. The van der Waals surface area contributed by atoms with Crippen molar-refractivity contribution in [3.63, 3.8) is 0 Å². The number of hydrogen-bond donors (Lipinski definition) is 1.